The van der Waals surface area contributed by atoms with Gasteiger partial charge in [0, 0.05) is 25.7 Å². The van der Waals surface area contributed by atoms with Crippen LogP contribution in [0.2, 0.25) is 0 Å². The summed E-state index contributed by atoms with van der Waals surface area (Å²) in [7, 11) is -3.38. The Morgan fingerprint density at radius 3 is 2.82 bits per heavy atom. The number of piperidine rings is 1. The average Bonchev–Trinajstić information content (AvgIpc) is 2.28. The van der Waals surface area contributed by atoms with Gasteiger partial charge in [0.1, 0.15) is 0 Å². The van der Waals surface area contributed by atoms with E-state index >= 15 is 0 Å². The molecule has 1 heterocycles. The van der Waals surface area contributed by atoms with Crippen molar-refractivity contribution in [3.63, 3.8) is 0 Å². The molecule has 2 unspecified atom stereocenters. The van der Waals surface area contributed by atoms with Gasteiger partial charge in [-0.15, -0.1) is 0 Å². The van der Waals surface area contributed by atoms with Gasteiger partial charge < -0.3 is 5.11 Å². The van der Waals surface area contributed by atoms with Crippen LogP contribution in [0.15, 0.2) is 0 Å². The molecule has 0 saturated carbocycles. The minimum atomic E-state index is -3.38. The van der Waals surface area contributed by atoms with Crippen molar-refractivity contribution < 1.29 is 13.5 Å². The molecule has 0 aromatic rings. The first-order valence-electron chi connectivity index (χ1n) is 6.37. The SMILES string of the molecule is CCCC(C)NS(=O)(=O)N1CCCC(CO)C1. The molecule has 2 N–H and O–H groups in total. The monoisotopic (exact) mass is 264 g/mol. The molecule has 1 saturated heterocycles. The van der Waals surface area contributed by atoms with E-state index in [-0.39, 0.29) is 18.6 Å². The zero-order valence-corrected chi connectivity index (χ0v) is 11.5. The normalized spacial score (nSPS) is 24.8. The summed E-state index contributed by atoms with van der Waals surface area (Å²) < 4.78 is 28.3. The molecular formula is C11H24N2O3S. The molecule has 0 amide bonds. The summed E-state index contributed by atoms with van der Waals surface area (Å²) in [6.07, 6.45) is 3.54. The highest BCUT2D eigenvalue weighted by Gasteiger charge is 2.29. The minimum Gasteiger partial charge on any atom is -0.396 e. The molecule has 1 aliphatic heterocycles. The number of nitrogens with zero attached hydrogens (tertiary/aromatic N) is 1. The lowest BCUT2D eigenvalue weighted by molar-refractivity contribution is 0.164. The molecule has 0 bridgehead atoms. The maximum Gasteiger partial charge on any atom is 0.279 e. The number of aliphatic hydroxyl groups is 1. The molecule has 0 aromatic heterocycles. The molecule has 0 spiro atoms. The van der Waals surface area contributed by atoms with Gasteiger partial charge in [-0.25, -0.2) is 0 Å². The lowest BCUT2D eigenvalue weighted by atomic mass is 10.0. The molecule has 1 fully saturated rings. The molecule has 17 heavy (non-hydrogen) atoms. The Labute approximate surface area is 104 Å². The average molecular weight is 264 g/mol. The van der Waals surface area contributed by atoms with Crippen LogP contribution in [0.25, 0.3) is 0 Å². The highest BCUT2D eigenvalue weighted by molar-refractivity contribution is 7.87. The third-order valence-corrected chi connectivity index (χ3v) is 4.86. The molecule has 0 radical (unpaired) electrons. The van der Waals surface area contributed by atoms with E-state index in [2.05, 4.69) is 4.72 Å². The van der Waals surface area contributed by atoms with Gasteiger partial charge in [0.15, 0.2) is 0 Å². The highest BCUT2D eigenvalue weighted by Crippen LogP contribution is 2.18. The van der Waals surface area contributed by atoms with Gasteiger partial charge in [-0.3, -0.25) is 0 Å². The second-order valence-electron chi connectivity index (χ2n) is 4.86. The van der Waals surface area contributed by atoms with E-state index in [1.54, 1.807) is 0 Å². The van der Waals surface area contributed by atoms with Crippen LogP contribution in [0.4, 0.5) is 0 Å². The number of hydrogen-bond donors (Lipinski definition) is 2. The highest BCUT2D eigenvalue weighted by atomic mass is 32.2. The number of nitrogens with one attached hydrogen (secondary N) is 1. The first-order chi connectivity index (χ1) is 7.99. The van der Waals surface area contributed by atoms with Gasteiger partial charge in [0.25, 0.3) is 10.2 Å². The van der Waals surface area contributed by atoms with Gasteiger partial charge in [-0.2, -0.15) is 17.4 Å². The van der Waals surface area contributed by atoms with E-state index in [9.17, 15) is 8.42 Å². The summed E-state index contributed by atoms with van der Waals surface area (Å²) in [4.78, 5) is 0. The Morgan fingerprint density at radius 2 is 2.24 bits per heavy atom. The second-order valence-corrected chi connectivity index (χ2v) is 6.56. The van der Waals surface area contributed by atoms with Crippen LogP contribution in [0, 0.1) is 5.92 Å². The second kappa shape index (κ2) is 6.68. The molecule has 1 aliphatic rings. The van der Waals surface area contributed by atoms with E-state index < -0.39 is 10.2 Å². The maximum absolute atomic E-state index is 12.1. The molecule has 5 nitrogen and oxygen atoms in total. The Bertz CT molecular complexity index is 319. The minimum absolute atomic E-state index is 0.0282. The fourth-order valence-electron chi connectivity index (χ4n) is 2.21. The van der Waals surface area contributed by atoms with Crippen LogP contribution in [-0.2, 0) is 10.2 Å². The quantitative estimate of drug-likeness (QED) is 0.742. The van der Waals surface area contributed by atoms with E-state index in [1.807, 2.05) is 13.8 Å². The van der Waals surface area contributed by atoms with E-state index in [4.69, 9.17) is 5.11 Å². The van der Waals surface area contributed by atoms with Crippen molar-refractivity contribution in [2.45, 2.75) is 45.6 Å². The number of aliphatic hydroxyl groups excluding tert-OH is 1. The summed E-state index contributed by atoms with van der Waals surface area (Å²) in [6, 6.07) is -0.0282. The summed E-state index contributed by atoms with van der Waals surface area (Å²) in [5.74, 6) is 0.0850. The van der Waals surface area contributed by atoms with Crippen molar-refractivity contribution in [3.8, 4) is 0 Å². The topological polar surface area (TPSA) is 69.6 Å². The first kappa shape index (κ1) is 14.9. The lowest BCUT2D eigenvalue weighted by Crippen LogP contribution is -2.48. The van der Waals surface area contributed by atoms with Gasteiger partial charge in [-0.1, -0.05) is 13.3 Å². The van der Waals surface area contributed by atoms with Gasteiger partial charge in [-0.05, 0) is 32.1 Å². The Hall–Kier alpha value is -0.170. The summed E-state index contributed by atoms with van der Waals surface area (Å²) in [5.41, 5.74) is 0. The largest absolute Gasteiger partial charge is 0.396 e. The first-order valence-corrected chi connectivity index (χ1v) is 7.81. The van der Waals surface area contributed by atoms with Crippen LogP contribution in [-0.4, -0.2) is 43.6 Å². The van der Waals surface area contributed by atoms with E-state index in [0.29, 0.717) is 13.1 Å². The fourth-order valence-corrected chi connectivity index (χ4v) is 3.77. The van der Waals surface area contributed by atoms with E-state index in [0.717, 1.165) is 25.7 Å². The van der Waals surface area contributed by atoms with Gasteiger partial charge >= 0.3 is 0 Å². The van der Waals surface area contributed by atoms with Crippen molar-refractivity contribution in [1.29, 1.82) is 0 Å². The number of hydrogen-bond acceptors (Lipinski definition) is 3. The summed E-state index contributed by atoms with van der Waals surface area (Å²) >= 11 is 0. The maximum atomic E-state index is 12.1. The standard InChI is InChI=1S/C11H24N2O3S/c1-3-5-10(2)12-17(15,16)13-7-4-6-11(8-13)9-14/h10-12,14H,3-9H2,1-2H3. The predicted molar refractivity (Wildman–Crippen MR) is 67.8 cm³/mol. The molecule has 1 rings (SSSR count). The van der Waals surface area contributed by atoms with Crippen molar-refractivity contribution in [3.05, 3.63) is 0 Å². The predicted octanol–water partition coefficient (Wildman–Crippen LogP) is 0.714. The molecule has 2 atom stereocenters. The van der Waals surface area contributed by atoms with Crippen molar-refractivity contribution in [2.75, 3.05) is 19.7 Å². The zero-order valence-electron chi connectivity index (χ0n) is 10.7. The van der Waals surface area contributed by atoms with Crippen LogP contribution in [0.3, 0.4) is 0 Å². The van der Waals surface area contributed by atoms with Crippen LogP contribution < -0.4 is 4.72 Å². The third kappa shape index (κ3) is 4.54. The fraction of sp³-hybridized carbons (Fsp3) is 1.00. The molecule has 6 heteroatoms. The van der Waals surface area contributed by atoms with Crippen molar-refractivity contribution in [2.24, 2.45) is 5.92 Å². The summed E-state index contributed by atoms with van der Waals surface area (Å²) in [6.45, 7) is 4.98. The van der Waals surface area contributed by atoms with E-state index in [1.165, 1.54) is 4.31 Å². The molecular weight excluding hydrogens is 240 g/mol. The molecule has 0 aliphatic carbocycles. The van der Waals surface area contributed by atoms with Crippen molar-refractivity contribution in [1.82, 2.24) is 9.03 Å². The third-order valence-electron chi connectivity index (χ3n) is 3.15. The Kier molecular flexibility index (Phi) is 5.85. The summed E-state index contributed by atoms with van der Waals surface area (Å²) in [5, 5.41) is 9.10. The number of rotatable bonds is 6. The van der Waals surface area contributed by atoms with Crippen LogP contribution in [0.1, 0.15) is 39.5 Å². The van der Waals surface area contributed by atoms with Crippen molar-refractivity contribution >= 4 is 10.2 Å². The zero-order chi connectivity index (χ0) is 12.9. The Balaban J connectivity index is 2.57. The molecule has 102 valence electrons. The molecule has 0 aromatic carbocycles. The van der Waals surface area contributed by atoms with Crippen LogP contribution in [0.5, 0.6) is 0 Å². The van der Waals surface area contributed by atoms with Crippen LogP contribution >= 0.6 is 0 Å². The van der Waals surface area contributed by atoms with Gasteiger partial charge in [0.05, 0.1) is 0 Å². The lowest BCUT2D eigenvalue weighted by Gasteiger charge is -2.31. The Morgan fingerprint density at radius 1 is 1.53 bits per heavy atom. The smallest absolute Gasteiger partial charge is 0.279 e. The van der Waals surface area contributed by atoms with Gasteiger partial charge in [0.2, 0.25) is 0 Å².